The van der Waals surface area contributed by atoms with Crippen molar-refractivity contribution < 1.29 is 8.83 Å². The van der Waals surface area contributed by atoms with Gasteiger partial charge in [0.2, 0.25) is 0 Å². The van der Waals surface area contributed by atoms with Gasteiger partial charge in [0.1, 0.15) is 22.3 Å². The molecule has 248 valence electrons. The summed E-state index contributed by atoms with van der Waals surface area (Å²) in [5.41, 5.74) is 11.4. The molecule has 12 rings (SSSR count). The summed E-state index contributed by atoms with van der Waals surface area (Å²) < 4.78 is 13.1. The molecule has 0 saturated heterocycles. The Balaban J connectivity index is 1.16. The number of thioether (sulfide) groups is 1. The van der Waals surface area contributed by atoms with Crippen LogP contribution in [0.5, 0.6) is 0 Å². The molecule has 0 amide bonds. The lowest BCUT2D eigenvalue weighted by molar-refractivity contribution is 0.668. The lowest BCUT2D eigenvalue weighted by atomic mass is 9.83. The van der Waals surface area contributed by atoms with Gasteiger partial charge < -0.3 is 8.83 Å². The Kier molecular flexibility index (Phi) is 6.14. The number of furan rings is 2. The van der Waals surface area contributed by atoms with Crippen molar-refractivity contribution in [2.45, 2.75) is 16.6 Å². The maximum atomic E-state index is 6.67. The molecule has 0 radical (unpaired) electrons. The maximum absolute atomic E-state index is 6.67. The van der Waals surface area contributed by atoms with Gasteiger partial charge in [-0.3, -0.25) is 0 Å². The van der Waals surface area contributed by atoms with Gasteiger partial charge in [0, 0.05) is 31.7 Å². The number of hydrogen-bond acceptors (Lipinski definition) is 3. The molecule has 53 heavy (non-hydrogen) atoms. The van der Waals surface area contributed by atoms with Crippen molar-refractivity contribution in [3.8, 4) is 22.3 Å². The zero-order chi connectivity index (χ0) is 34.6. The van der Waals surface area contributed by atoms with Gasteiger partial charge in [-0.25, -0.2) is 0 Å². The van der Waals surface area contributed by atoms with E-state index in [1.54, 1.807) is 0 Å². The summed E-state index contributed by atoms with van der Waals surface area (Å²) >= 11 is 1.99. The topological polar surface area (TPSA) is 26.3 Å². The number of para-hydroxylation sites is 1. The SMILES string of the molecule is c1ccc(C2Cc3c(-c4c5ccccc5c(-c5ccc6oc7ccc8ccccc8c7c6c5)c5ccccc45)cc4oc5ccccc5c4c3S2)cc1. The monoisotopic (exact) mass is 694 g/mol. The van der Waals surface area contributed by atoms with E-state index in [1.807, 2.05) is 11.8 Å². The fraction of sp³-hybridized carbons (Fsp3) is 0.0400. The highest BCUT2D eigenvalue weighted by Gasteiger charge is 2.32. The van der Waals surface area contributed by atoms with E-state index < -0.39 is 0 Å². The van der Waals surface area contributed by atoms with E-state index in [2.05, 4.69) is 164 Å². The summed E-state index contributed by atoms with van der Waals surface area (Å²) in [7, 11) is 0. The first-order valence-corrected chi connectivity index (χ1v) is 19.1. The summed E-state index contributed by atoms with van der Waals surface area (Å²) in [5.74, 6) is 0. The smallest absolute Gasteiger partial charge is 0.137 e. The van der Waals surface area contributed by atoms with E-state index in [-0.39, 0.29) is 0 Å². The summed E-state index contributed by atoms with van der Waals surface area (Å²) in [6, 6.07) is 59.4. The fourth-order valence-corrected chi connectivity index (χ4v) is 10.6. The fourth-order valence-electron chi connectivity index (χ4n) is 9.10. The zero-order valence-corrected chi connectivity index (χ0v) is 29.4. The van der Waals surface area contributed by atoms with Crippen LogP contribution in [0.3, 0.4) is 0 Å². The average molecular weight is 695 g/mol. The summed E-state index contributed by atoms with van der Waals surface area (Å²) in [5, 5.41) is 12.5. The van der Waals surface area contributed by atoms with Crippen LogP contribution >= 0.6 is 11.8 Å². The molecule has 0 N–H and O–H groups in total. The summed E-state index contributed by atoms with van der Waals surface area (Å²) in [6.45, 7) is 0. The van der Waals surface area contributed by atoms with E-state index >= 15 is 0 Å². The second-order valence-corrected chi connectivity index (χ2v) is 15.5. The molecule has 0 aliphatic carbocycles. The quantitative estimate of drug-likeness (QED) is 0.172. The van der Waals surface area contributed by atoms with Crippen LogP contribution in [0.25, 0.3) is 98.4 Å². The van der Waals surface area contributed by atoms with Crippen molar-refractivity contribution in [3.05, 3.63) is 175 Å². The molecule has 1 aliphatic rings. The third-order valence-electron chi connectivity index (χ3n) is 11.4. The number of rotatable bonds is 3. The van der Waals surface area contributed by atoms with Crippen molar-refractivity contribution in [3.63, 3.8) is 0 Å². The predicted molar refractivity (Wildman–Crippen MR) is 223 cm³/mol. The Bertz CT molecular complexity index is 3240. The molecular weight excluding hydrogens is 665 g/mol. The number of hydrogen-bond donors (Lipinski definition) is 0. The zero-order valence-electron chi connectivity index (χ0n) is 28.6. The first-order chi connectivity index (χ1) is 26.3. The third kappa shape index (κ3) is 4.23. The average Bonchev–Trinajstić information content (AvgIpc) is 3.93. The van der Waals surface area contributed by atoms with Gasteiger partial charge >= 0.3 is 0 Å². The molecule has 0 spiro atoms. The number of fused-ring (bicyclic) bond motifs is 12. The molecule has 0 saturated carbocycles. The standard InChI is InChI=1S/C50H30O2S/c1-2-13-30(14-3-1)45-28-39-38(27-44-49(50(39)53-45)37-20-10-11-21-41(37)52-44)47-35-18-8-6-16-33(35)46(34-17-7-9-19-36(34)47)31-23-24-42-40(26-31)48-32-15-5-4-12-29(32)22-25-43(48)51-42/h1-27,45H,28H2. The highest BCUT2D eigenvalue weighted by molar-refractivity contribution is 8.00. The second kappa shape index (κ2) is 11.1. The predicted octanol–water partition coefficient (Wildman–Crippen LogP) is 14.7. The minimum absolute atomic E-state index is 0.327. The Morgan fingerprint density at radius 3 is 1.81 bits per heavy atom. The molecule has 9 aromatic carbocycles. The van der Waals surface area contributed by atoms with E-state index in [1.165, 1.54) is 86.8 Å². The van der Waals surface area contributed by atoms with E-state index in [9.17, 15) is 0 Å². The lowest BCUT2D eigenvalue weighted by Crippen LogP contribution is -1.96. The first-order valence-electron chi connectivity index (χ1n) is 18.3. The minimum atomic E-state index is 0.327. The van der Waals surface area contributed by atoms with E-state index in [0.717, 1.165) is 34.1 Å². The Hall–Kier alpha value is -6.29. The first kappa shape index (κ1) is 29.3. The molecule has 2 aromatic heterocycles. The number of benzene rings is 9. The van der Waals surface area contributed by atoms with Crippen molar-refractivity contribution in [1.29, 1.82) is 0 Å². The summed E-state index contributed by atoms with van der Waals surface area (Å²) in [6.07, 6.45) is 0.956. The van der Waals surface area contributed by atoms with Gasteiger partial charge in [0.15, 0.2) is 0 Å². The molecule has 2 nitrogen and oxygen atoms in total. The van der Waals surface area contributed by atoms with Gasteiger partial charge in [0.05, 0.1) is 0 Å². The van der Waals surface area contributed by atoms with Crippen LogP contribution in [0.2, 0.25) is 0 Å². The molecular formula is C50H30O2S. The van der Waals surface area contributed by atoms with Crippen LogP contribution in [0.15, 0.2) is 178 Å². The van der Waals surface area contributed by atoms with Crippen LogP contribution in [0, 0.1) is 0 Å². The maximum Gasteiger partial charge on any atom is 0.137 e. The molecule has 1 atom stereocenters. The van der Waals surface area contributed by atoms with Crippen molar-refractivity contribution >= 4 is 88.0 Å². The summed E-state index contributed by atoms with van der Waals surface area (Å²) in [4.78, 5) is 1.35. The van der Waals surface area contributed by atoms with Gasteiger partial charge in [-0.2, -0.15) is 0 Å². The van der Waals surface area contributed by atoms with Crippen LogP contribution in [0.1, 0.15) is 16.4 Å². The molecule has 1 unspecified atom stereocenters. The van der Waals surface area contributed by atoms with E-state index in [4.69, 9.17) is 8.83 Å². The van der Waals surface area contributed by atoms with Crippen LogP contribution in [-0.2, 0) is 6.42 Å². The Labute approximate surface area is 309 Å². The minimum Gasteiger partial charge on any atom is -0.456 e. The highest BCUT2D eigenvalue weighted by atomic mass is 32.2. The molecule has 0 fully saturated rings. The van der Waals surface area contributed by atoms with Gasteiger partial charge in [-0.05, 0) is 102 Å². The molecule has 11 aromatic rings. The van der Waals surface area contributed by atoms with Gasteiger partial charge in [-0.15, -0.1) is 11.8 Å². The lowest BCUT2D eigenvalue weighted by Gasteiger charge is -2.19. The normalized spacial score (nSPS) is 14.5. The van der Waals surface area contributed by atoms with Crippen LogP contribution in [-0.4, -0.2) is 0 Å². The third-order valence-corrected chi connectivity index (χ3v) is 12.8. The Morgan fingerprint density at radius 2 is 1.04 bits per heavy atom. The van der Waals surface area contributed by atoms with Crippen molar-refractivity contribution in [2.24, 2.45) is 0 Å². The molecule has 1 aliphatic heterocycles. The highest BCUT2D eigenvalue weighted by Crippen LogP contribution is 2.56. The Morgan fingerprint density at radius 1 is 0.434 bits per heavy atom. The second-order valence-electron chi connectivity index (χ2n) is 14.2. The van der Waals surface area contributed by atoms with Crippen LogP contribution < -0.4 is 0 Å². The largest absolute Gasteiger partial charge is 0.456 e. The molecule has 3 heterocycles. The van der Waals surface area contributed by atoms with Crippen LogP contribution in [0.4, 0.5) is 0 Å². The van der Waals surface area contributed by atoms with Gasteiger partial charge in [0.25, 0.3) is 0 Å². The van der Waals surface area contributed by atoms with Crippen molar-refractivity contribution in [1.82, 2.24) is 0 Å². The van der Waals surface area contributed by atoms with E-state index in [0.29, 0.717) is 5.25 Å². The molecule has 3 heteroatoms. The van der Waals surface area contributed by atoms with Crippen molar-refractivity contribution in [2.75, 3.05) is 0 Å². The van der Waals surface area contributed by atoms with Gasteiger partial charge in [-0.1, -0.05) is 133 Å². The molecule has 0 bridgehead atoms.